The SMILES string of the molecule is CCOc1ccc(NC(=S)N(C)Cc2ccc3ccccc3c2)cc1. The maximum absolute atomic E-state index is 5.52. The zero-order valence-corrected chi connectivity index (χ0v) is 15.3. The molecular weight excluding hydrogens is 328 g/mol. The molecule has 3 rings (SSSR count). The van der Waals surface area contributed by atoms with Gasteiger partial charge in [-0.2, -0.15) is 0 Å². The van der Waals surface area contributed by atoms with Gasteiger partial charge in [-0.25, -0.2) is 0 Å². The second-order valence-electron chi connectivity index (χ2n) is 5.93. The molecule has 0 heterocycles. The van der Waals surface area contributed by atoms with Crippen molar-refractivity contribution in [3.63, 3.8) is 0 Å². The lowest BCUT2D eigenvalue weighted by Crippen LogP contribution is -2.30. The fraction of sp³-hybridized carbons (Fsp3) is 0.190. The number of thiocarbonyl (C=S) groups is 1. The van der Waals surface area contributed by atoms with Crippen molar-refractivity contribution < 1.29 is 4.74 Å². The van der Waals surface area contributed by atoms with Gasteiger partial charge >= 0.3 is 0 Å². The Balaban J connectivity index is 1.63. The predicted octanol–water partition coefficient (Wildman–Crippen LogP) is 5.07. The van der Waals surface area contributed by atoms with Crippen LogP contribution in [0.5, 0.6) is 5.75 Å². The number of benzene rings is 3. The van der Waals surface area contributed by atoms with E-state index < -0.39 is 0 Å². The van der Waals surface area contributed by atoms with Crippen molar-refractivity contribution in [3.8, 4) is 5.75 Å². The number of ether oxygens (including phenoxy) is 1. The van der Waals surface area contributed by atoms with E-state index in [1.54, 1.807) is 0 Å². The minimum Gasteiger partial charge on any atom is -0.494 e. The Labute approximate surface area is 154 Å². The lowest BCUT2D eigenvalue weighted by atomic mass is 10.1. The van der Waals surface area contributed by atoms with Gasteiger partial charge in [0.15, 0.2) is 5.11 Å². The number of fused-ring (bicyclic) bond motifs is 1. The molecule has 0 saturated heterocycles. The molecule has 0 atom stereocenters. The summed E-state index contributed by atoms with van der Waals surface area (Å²) in [6.07, 6.45) is 0. The Kier molecular flexibility index (Phi) is 5.51. The Morgan fingerprint density at radius 3 is 2.44 bits per heavy atom. The lowest BCUT2D eigenvalue weighted by Gasteiger charge is -2.21. The topological polar surface area (TPSA) is 24.5 Å². The first-order valence-electron chi connectivity index (χ1n) is 8.38. The number of anilines is 1. The highest BCUT2D eigenvalue weighted by molar-refractivity contribution is 7.80. The number of hydrogen-bond donors (Lipinski definition) is 1. The van der Waals surface area contributed by atoms with Crippen LogP contribution in [-0.2, 0) is 6.54 Å². The van der Waals surface area contributed by atoms with Gasteiger partial charge in [0.25, 0.3) is 0 Å². The molecule has 128 valence electrons. The number of hydrogen-bond acceptors (Lipinski definition) is 2. The zero-order valence-electron chi connectivity index (χ0n) is 14.5. The van der Waals surface area contributed by atoms with Gasteiger partial charge in [0.2, 0.25) is 0 Å². The molecule has 1 N–H and O–H groups in total. The molecule has 4 heteroatoms. The molecule has 3 aromatic rings. The van der Waals surface area contributed by atoms with Gasteiger partial charge < -0.3 is 15.0 Å². The van der Waals surface area contributed by atoms with Crippen LogP contribution in [0.4, 0.5) is 5.69 Å². The van der Waals surface area contributed by atoms with E-state index in [0.29, 0.717) is 11.7 Å². The summed E-state index contributed by atoms with van der Waals surface area (Å²) in [5, 5.41) is 6.46. The molecule has 0 radical (unpaired) electrons. The summed E-state index contributed by atoms with van der Waals surface area (Å²) in [5.41, 5.74) is 2.19. The van der Waals surface area contributed by atoms with Crippen molar-refractivity contribution in [2.75, 3.05) is 19.0 Å². The molecule has 0 aromatic heterocycles. The molecule has 0 saturated carbocycles. The molecule has 0 aliphatic carbocycles. The van der Waals surface area contributed by atoms with E-state index in [1.807, 2.05) is 43.1 Å². The summed E-state index contributed by atoms with van der Waals surface area (Å²) < 4.78 is 5.46. The van der Waals surface area contributed by atoms with Crippen molar-refractivity contribution in [1.82, 2.24) is 4.90 Å². The highest BCUT2D eigenvalue weighted by Gasteiger charge is 2.06. The summed E-state index contributed by atoms with van der Waals surface area (Å²) in [4.78, 5) is 2.04. The van der Waals surface area contributed by atoms with Crippen molar-refractivity contribution in [3.05, 3.63) is 72.3 Å². The highest BCUT2D eigenvalue weighted by Crippen LogP contribution is 2.18. The predicted molar refractivity (Wildman–Crippen MR) is 109 cm³/mol. The molecular formula is C21H22N2OS. The Morgan fingerprint density at radius 1 is 1.00 bits per heavy atom. The minimum atomic E-state index is 0.666. The maximum Gasteiger partial charge on any atom is 0.173 e. The van der Waals surface area contributed by atoms with Crippen LogP contribution in [0.25, 0.3) is 10.8 Å². The number of nitrogens with zero attached hydrogens (tertiary/aromatic N) is 1. The van der Waals surface area contributed by atoms with Crippen LogP contribution in [0.1, 0.15) is 12.5 Å². The zero-order chi connectivity index (χ0) is 17.6. The first-order valence-corrected chi connectivity index (χ1v) is 8.79. The Bertz CT molecular complexity index is 861. The first kappa shape index (κ1) is 17.2. The third-order valence-electron chi connectivity index (χ3n) is 4.00. The van der Waals surface area contributed by atoms with Crippen LogP contribution in [0.15, 0.2) is 66.7 Å². The second-order valence-corrected chi connectivity index (χ2v) is 6.31. The van der Waals surface area contributed by atoms with Gasteiger partial charge in [0, 0.05) is 19.3 Å². The maximum atomic E-state index is 5.52. The number of nitrogens with one attached hydrogen (secondary N) is 1. The second kappa shape index (κ2) is 7.99. The highest BCUT2D eigenvalue weighted by atomic mass is 32.1. The lowest BCUT2D eigenvalue weighted by molar-refractivity contribution is 0.340. The van der Waals surface area contributed by atoms with Crippen LogP contribution in [0, 0.1) is 0 Å². The van der Waals surface area contributed by atoms with E-state index in [1.165, 1.54) is 16.3 Å². The quantitative estimate of drug-likeness (QED) is 0.650. The molecule has 0 aliphatic rings. The third kappa shape index (κ3) is 4.48. The summed E-state index contributed by atoms with van der Waals surface area (Å²) in [7, 11) is 2.00. The Morgan fingerprint density at radius 2 is 1.72 bits per heavy atom. The average Bonchev–Trinajstić information content (AvgIpc) is 2.63. The van der Waals surface area contributed by atoms with Crippen LogP contribution >= 0.6 is 12.2 Å². The summed E-state index contributed by atoms with van der Waals surface area (Å²) in [6, 6.07) is 22.7. The van der Waals surface area contributed by atoms with Gasteiger partial charge in [-0.3, -0.25) is 0 Å². The summed E-state index contributed by atoms with van der Waals surface area (Å²) in [5.74, 6) is 0.864. The molecule has 0 spiro atoms. The van der Waals surface area contributed by atoms with Gasteiger partial charge in [-0.1, -0.05) is 36.4 Å². The summed E-state index contributed by atoms with van der Waals surface area (Å²) >= 11 is 5.52. The molecule has 0 bridgehead atoms. The third-order valence-corrected chi connectivity index (χ3v) is 4.41. The molecule has 0 fully saturated rings. The smallest absolute Gasteiger partial charge is 0.173 e. The van der Waals surface area contributed by atoms with Crippen molar-refractivity contribution in [2.45, 2.75) is 13.5 Å². The van der Waals surface area contributed by atoms with E-state index in [-0.39, 0.29) is 0 Å². The van der Waals surface area contributed by atoms with Crippen LogP contribution in [0.3, 0.4) is 0 Å². The van der Waals surface area contributed by atoms with Crippen LogP contribution in [-0.4, -0.2) is 23.7 Å². The molecule has 0 amide bonds. The molecule has 0 aliphatic heterocycles. The van der Waals surface area contributed by atoms with E-state index in [0.717, 1.165) is 18.0 Å². The van der Waals surface area contributed by atoms with Crippen molar-refractivity contribution >= 4 is 33.8 Å². The molecule has 0 unspecified atom stereocenters. The minimum absolute atomic E-state index is 0.666. The van der Waals surface area contributed by atoms with E-state index in [4.69, 9.17) is 17.0 Å². The fourth-order valence-corrected chi connectivity index (χ4v) is 2.89. The van der Waals surface area contributed by atoms with E-state index in [2.05, 4.69) is 47.8 Å². The van der Waals surface area contributed by atoms with Crippen LogP contribution in [0.2, 0.25) is 0 Å². The number of rotatable bonds is 5. The van der Waals surface area contributed by atoms with Gasteiger partial charge in [-0.15, -0.1) is 0 Å². The van der Waals surface area contributed by atoms with Gasteiger partial charge in [0.05, 0.1) is 6.61 Å². The molecule has 3 nitrogen and oxygen atoms in total. The van der Waals surface area contributed by atoms with Gasteiger partial charge in [-0.05, 0) is 65.8 Å². The standard InChI is InChI=1S/C21H22N2OS/c1-3-24-20-12-10-19(11-13-20)22-21(25)23(2)15-16-8-9-17-6-4-5-7-18(17)14-16/h4-14H,3,15H2,1-2H3,(H,22,25). The molecule has 3 aromatic carbocycles. The average molecular weight is 350 g/mol. The van der Waals surface area contributed by atoms with Crippen molar-refractivity contribution in [1.29, 1.82) is 0 Å². The molecule has 25 heavy (non-hydrogen) atoms. The summed E-state index contributed by atoms with van der Waals surface area (Å²) in [6.45, 7) is 3.40. The van der Waals surface area contributed by atoms with Crippen LogP contribution < -0.4 is 10.1 Å². The monoisotopic (exact) mass is 350 g/mol. The van der Waals surface area contributed by atoms with Gasteiger partial charge in [0.1, 0.15) is 5.75 Å². The first-order chi connectivity index (χ1) is 12.2. The Hall–Kier alpha value is -2.59. The van der Waals surface area contributed by atoms with E-state index in [9.17, 15) is 0 Å². The fourth-order valence-electron chi connectivity index (χ4n) is 2.70. The van der Waals surface area contributed by atoms with E-state index >= 15 is 0 Å². The van der Waals surface area contributed by atoms with Crippen molar-refractivity contribution in [2.24, 2.45) is 0 Å². The normalized spacial score (nSPS) is 10.5. The largest absolute Gasteiger partial charge is 0.494 e.